The molecule has 1 N–H and O–H groups in total. The van der Waals surface area contributed by atoms with Gasteiger partial charge in [0.1, 0.15) is 5.69 Å². The van der Waals surface area contributed by atoms with Crippen molar-refractivity contribution in [2.45, 2.75) is 6.61 Å². The molecule has 20 heavy (non-hydrogen) atoms. The highest BCUT2D eigenvalue weighted by Crippen LogP contribution is 2.22. The van der Waals surface area contributed by atoms with Crippen LogP contribution in [0.1, 0.15) is 5.56 Å². The van der Waals surface area contributed by atoms with Crippen LogP contribution in [0.15, 0.2) is 54.6 Å². The van der Waals surface area contributed by atoms with Gasteiger partial charge in [-0.25, -0.2) is 0 Å². The van der Waals surface area contributed by atoms with Crippen molar-refractivity contribution >= 4 is 11.4 Å². The van der Waals surface area contributed by atoms with Crippen LogP contribution in [0.25, 0.3) is 0 Å². The second-order valence-corrected chi connectivity index (χ2v) is 4.24. The summed E-state index contributed by atoms with van der Waals surface area (Å²) in [6.07, 6.45) is 0. The van der Waals surface area contributed by atoms with Crippen LogP contribution in [-0.2, 0) is 11.3 Å². The molecule has 0 aliphatic rings. The molecule has 0 aliphatic heterocycles. The summed E-state index contributed by atoms with van der Waals surface area (Å²) in [6.45, 7) is 1.55. The van der Waals surface area contributed by atoms with Gasteiger partial charge in [0.2, 0.25) is 0 Å². The first kappa shape index (κ1) is 14.0. The molecule has 5 heteroatoms. The molecule has 0 aliphatic carbocycles. The first-order valence-electron chi connectivity index (χ1n) is 6.36. The summed E-state index contributed by atoms with van der Waals surface area (Å²) in [5.41, 5.74) is 1.70. The maximum Gasteiger partial charge on any atom is 0.292 e. The maximum absolute atomic E-state index is 10.8. The van der Waals surface area contributed by atoms with Gasteiger partial charge in [0.15, 0.2) is 0 Å². The van der Waals surface area contributed by atoms with Crippen molar-refractivity contribution in [3.8, 4) is 0 Å². The third-order valence-corrected chi connectivity index (χ3v) is 2.77. The Morgan fingerprint density at radius 1 is 1.05 bits per heavy atom. The number of nitrogens with zero attached hydrogens (tertiary/aromatic N) is 1. The van der Waals surface area contributed by atoms with Gasteiger partial charge < -0.3 is 10.1 Å². The van der Waals surface area contributed by atoms with Crippen LogP contribution in [-0.4, -0.2) is 18.1 Å². The van der Waals surface area contributed by atoms with E-state index in [-0.39, 0.29) is 5.69 Å². The molecule has 0 aromatic heterocycles. The second kappa shape index (κ2) is 7.25. The summed E-state index contributed by atoms with van der Waals surface area (Å²) in [5.74, 6) is 0. The average Bonchev–Trinajstić information content (AvgIpc) is 2.48. The number of hydrogen-bond donors (Lipinski definition) is 1. The maximum atomic E-state index is 10.8. The lowest BCUT2D eigenvalue weighted by molar-refractivity contribution is -0.384. The fourth-order valence-corrected chi connectivity index (χ4v) is 1.80. The van der Waals surface area contributed by atoms with Gasteiger partial charge in [0.05, 0.1) is 18.1 Å². The van der Waals surface area contributed by atoms with Crippen molar-refractivity contribution in [1.82, 2.24) is 0 Å². The largest absolute Gasteiger partial charge is 0.377 e. The van der Waals surface area contributed by atoms with Gasteiger partial charge >= 0.3 is 0 Å². The molecular formula is C15H16N2O3. The number of rotatable bonds is 7. The fraction of sp³-hybridized carbons (Fsp3) is 0.200. The highest BCUT2D eigenvalue weighted by atomic mass is 16.6. The van der Waals surface area contributed by atoms with Crippen LogP contribution in [0.3, 0.4) is 0 Å². The third-order valence-electron chi connectivity index (χ3n) is 2.77. The topological polar surface area (TPSA) is 64.4 Å². The number of benzene rings is 2. The molecule has 0 fully saturated rings. The van der Waals surface area contributed by atoms with E-state index in [2.05, 4.69) is 5.32 Å². The summed E-state index contributed by atoms with van der Waals surface area (Å²) in [5, 5.41) is 13.8. The van der Waals surface area contributed by atoms with Crippen LogP contribution in [0, 0.1) is 10.1 Å². The van der Waals surface area contributed by atoms with Crippen molar-refractivity contribution in [2.75, 3.05) is 18.5 Å². The fourth-order valence-electron chi connectivity index (χ4n) is 1.80. The Hall–Kier alpha value is -2.40. The zero-order valence-electron chi connectivity index (χ0n) is 11.0. The molecule has 2 rings (SSSR count). The van der Waals surface area contributed by atoms with E-state index in [0.29, 0.717) is 25.4 Å². The first-order valence-corrected chi connectivity index (χ1v) is 6.36. The van der Waals surface area contributed by atoms with E-state index in [4.69, 9.17) is 4.74 Å². The van der Waals surface area contributed by atoms with Gasteiger partial charge in [-0.1, -0.05) is 42.5 Å². The summed E-state index contributed by atoms with van der Waals surface area (Å²) < 4.78 is 5.51. The van der Waals surface area contributed by atoms with Crippen molar-refractivity contribution in [3.05, 3.63) is 70.3 Å². The Balaban J connectivity index is 1.75. The summed E-state index contributed by atoms with van der Waals surface area (Å²) >= 11 is 0. The first-order chi connectivity index (χ1) is 9.77. The van der Waals surface area contributed by atoms with E-state index in [9.17, 15) is 10.1 Å². The predicted molar refractivity (Wildman–Crippen MR) is 77.7 cm³/mol. The minimum absolute atomic E-state index is 0.0792. The van der Waals surface area contributed by atoms with Crippen molar-refractivity contribution in [1.29, 1.82) is 0 Å². The number of anilines is 1. The Morgan fingerprint density at radius 3 is 2.50 bits per heavy atom. The number of ether oxygens (including phenoxy) is 1. The van der Waals surface area contributed by atoms with Crippen LogP contribution in [0.2, 0.25) is 0 Å². The predicted octanol–water partition coefficient (Wildman–Crippen LogP) is 3.22. The van der Waals surface area contributed by atoms with Crippen LogP contribution >= 0.6 is 0 Å². The van der Waals surface area contributed by atoms with Gasteiger partial charge in [-0.15, -0.1) is 0 Å². The third kappa shape index (κ3) is 4.07. The Kier molecular flexibility index (Phi) is 5.08. The Bertz CT molecular complexity index is 558. The number of hydrogen-bond acceptors (Lipinski definition) is 4. The van der Waals surface area contributed by atoms with Gasteiger partial charge in [-0.3, -0.25) is 10.1 Å². The number of para-hydroxylation sites is 2. The molecule has 0 spiro atoms. The van der Waals surface area contributed by atoms with E-state index >= 15 is 0 Å². The van der Waals surface area contributed by atoms with Crippen molar-refractivity contribution in [2.24, 2.45) is 0 Å². The smallest absolute Gasteiger partial charge is 0.292 e. The molecule has 2 aromatic rings. The lowest BCUT2D eigenvalue weighted by Crippen LogP contribution is -2.10. The molecule has 0 radical (unpaired) electrons. The zero-order chi connectivity index (χ0) is 14.2. The monoisotopic (exact) mass is 272 g/mol. The molecule has 0 heterocycles. The average molecular weight is 272 g/mol. The molecule has 0 saturated carbocycles. The number of nitro groups is 1. The van der Waals surface area contributed by atoms with Crippen LogP contribution < -0.4 is 5.32 Å². The highest BCUT2D eigenvalue weighted by Gasteiger charge is 2.10. The van der Waals surface area contributed by atoms with E-state index < -0.39 is 4.92 Å². The molecule has 104 valence electrons. The van der Waals surface area contributed by atoms with Crippen molar-refractivity contribution < 1.29 is 9.66 Å². The normalized spacial score (nSPS) is 10.2. The number of nitro benzene ring substituents is 1. The van der Waals surface area contributed by atoms with Crippen LogP contribution in [0.4, 0.5) is 11.4 Å². The van der Waals surface area contributed by atoms with Gasteiger partial charge in [0.25, 0.3) is 5.69 Å². The lowest BCUT2D eigenvalue weighted by Gasteiger charge is -2.07. The molecule has 0 amide bonds. The van der Waals surface area contributed by atoms with E-state index in [0.717, 1.165) is 5.56 Å². The summed E-state index contributed by atoms with van der Waals surface area (Å²) in [4.78, 5) is 10.4. The van der Waals surface area contributed by atoms with E-state index in [1.165, 1.54) is 6.07 Å². The second-order valence-electron chi connectivity index (χ2n) is 4.24. The van der Waals surface area contributed by atoms with E-state index in [1.54, 1.807) is 18.2 Å². The zero-order valence-corrected chi connectivity index (χ0v) is 11.0. The number of nitrogens with one attached hydrogen (secondary N) is 1. The van der Waals surface area contributed by atoms with Gasteiger partial charge in [-0.2, -0.15) is 0 Å². The quantitative estimate of drug-likeness (QED) is 0.477. The molecule has 0 unspecified atom stereocenters. The molecule has 5 nitrogen and oxygen atoms in total. The standard InChI is InChI=1S/C15H16N2O3/c18-17(19)15-9-5-4-8-14(15)16-10-11-20-12-13-6-2-1-3-7-13/h1-9,16H,10-12H2. The molecule has 2 aromatic carbocycles. The molecule has 0 atom stereocenters. The molecule has 0 saturated heterocycles. The van der Waals surface area contributed by atoms with E-state index in [1.807, 2.05) is 30.3 Å². The highest BCUT2D eigenvalue weighted by molar-refractivity contribution is 5.60. The molecule has 0 bridgehead atoms. The van der Waals surface area contributed by atoms with Gasteiger partial charge in [0, 0.05) is 12.6 Å². The minimum Gasteiger partial charge on any atom is -0.377 e. The SMILES string of the molecule is O=[N+]([O-])c1ccccc1NCCOCc1ccccc1. The van der Waals surface area contributed by atoms with Crippen LogP contribution in [0.5, 0.6) is 0 Å². The molecular weight excluding hydrogens is 256 g/mol. The Labute approximate surface area is 117 Å². The lowest BCUT2D eigenvalue weighted by atomic mass is 10.2. The van der Waals surface area contributed by atoms with Gasteiger partial charge in [-0.05, 0) is 11.6 Å². The Morgan fingerprint density at radius 2 is 1.75 bits per heavy atom. The summed E-state index contributed by atoms with van der Waals surface area (Å²) in [6, 6.07) is 16.5. The summed E-state index contributed by atoms with van der Waals surface area (Å²) in [7, 11) is 0. The van der Waals surface area contributed by atoms with Crippen molar-refractivity contribution in [3.63, 3.8) is 0 Å². The minimum atomic E-state index is -0.396.